The molecular formula is C13H8BrClFN3. The first-order valence-electron chi connectivity index (χ1n) is 5.45. The van der Waals surface area contributed by atoms with Gasteiger partial charge in [0.05, 0.1) is 5.02 Å². The molecule has 0 atom stereocenters. The normalized spacial score (nSPS) is 11.1. The Hall–Kier alpha value is -1.59. The second kappa shape index (κ2) is 4.51. The van der Waals surface area contributed by atoms with Crippen LogP contribution in [0.1, 0.15) is 0 Å². The summed E-state index contributed by atoms with van der Waals surface area (Å²) in [6.07, 6.45) is 1.30. The minimum Gasteiger partial charge on any atom is -0.383 e. The molecule has 3 aromatic rings. The van der Waals surface area contributed by atoms with E-state index in [0.29, 0.717) is 27.7 Å². The van der Waals surface area contributed by atoms with E-state index in [-0.39, 0.29) is 5.82 Å². The lowest BCUT2D eigenvalue weighted by molar-refractivity contribution is 0.619. The van der Waals surface area contributed by atoms with E-state index >= 15 is 0 Å². The molecule has 96 valence electrons. The average Bonchev–Trinajstić information content (AvgIpc) is 2.67. The Balaban J connectivity index is 2.28. The summed E-state index contributed by atoms with van der Waals surface area (Å²) >= 11 is 9.53. The molecule has 0 saturated heterocycles. The highest BCUT2D eigenvalue weighted by atomic mass is 79.9. The van der Waals surface area contributed by atoms with Gasteiger partial charge >= 0.3 is 0 Å². The smallest absolute Gasteiger partial charge is 0.140 e. The number of imidazole rings is 1. The first-order chi connectivity index (χ1) is 9.06. The van der Waals surface area contributed by atoms with Crippen LogP contribution in [0.4, 0.5) is 10.2 Å². The molecule has 6 heteroatoms. The van der Waals surface area contributed by atoms with Crippen LogP contribution in [-0.2, 0) is 0 Å². The summed E-state index contributed by atoms with van der Waals surface area (Å²) in [5, 5.41) is 0.532. The fourth-order valence-corrected chi connectivity index (χ4v) is 2.68. The molecule has 0 aliphatic rings. The Bertz CT molecular complexity index is 785. The number of aromatic nitrogens is 2. The van der Waals surface area contributed by atoms with Crippen LogP contribution in [0.3, 0.4) is 0 Å². The molecule has 19 heavy (non-hydrogen) atoms. The summed E-state index contributed by atoms with van der Waals surface area (Å²) < 4.78 is 15.6. The molecular weight excluding hydrogens is 333 g/mol. The number of nitrogen functional groups attached to an aromatic ring is 1. The molecule has 0 aliphatic heterocycles. The van der Waals surface area contributed by atoms with Gasteiger partial charge in [-0.1, -0.05) is 33.6 Å². The molecule has 2 aromatic heterocycles. The van der Waals surface area contributed by atoms with Crippen LogP contribution >= 0.6 is 27.5 Å². The third kappa shape index (κ3) is 2.09. The lowest BCUT2D eigenvalue weighted by atomic mass is 10.1. The van der Waals surface area contributed by atoms with Gasteiger partial charge in [0.25, 0.3) is 0 Å². The number of nitrogens with zero attached hydrogens (tertiary/aromatic N) is 2. The van der Waals surface area contributed by atoms with Crippen molar-refractivity contribution < 1.29 is 4.39 Å². The van der Waals surface area contributed by atoms with E-state index in [1.54, 1.807) is 12.1 Å². The van der Waals surface area contributed by atoms with Gasteiger partial charge in [-0.15, -0.1) is 0 Å². The van der Waals surface area contributed by atoms with E-state index in [4.69, 9.17) is 17.3 Å². The third-order valence-electron chi connectivity index (χ3n) is 2.81. The number of rotatable bonds is 1. The standard InChI is InChI=1S/C13H8BrClFN3/c14-7-1-3-9(10(15)5-7)12-13(17)19-6-8(16)2-4-11(19)18-12/h1-6H,17H2. The van der Waals surface area contributed by atoms with Crippen LogP contribution in [0.5, 0.6) is 0 Å². The van der Waals surface area contributed by atoms with Crippen molar-refractivity contribution in [2.24, 2.45) is 0 Å². The molecule has 0 spiro atoms. The van der Waals surface area contributed by atoms with E-state index < -0.39 is 0 Å². The predicted molar refractivity (Wildman–Crippen MR) is 77.7 cm³/mol. The molecule has 0 radical (unpaired) electrons. The van der Waals surface area contributed by atoms with Gasteiger partial charge in [0.2, 0.25) is 0 Å². The van der Waals surface area contributed by atoms with Crippen molar-refractivity contribution in [3.63, 3.8) is 0 Å². The Kier molecular flexibility index (Phi) is 2.95. The summed E-state index contributed by atoms with van der Waals surface area (Å²) in [4.78, 5) is 4.39. The van der Waals surface area contributed by atoms with Crippen LogP contribution in [0.25, 0.3) is 16.9 Å². The number of nitrogens with two attached hydrogens (primary N) is 1. The number of pyridine rings is 1. The van der Waals surface area contributed by atoms with Crippen molar-refractivity contribution in [1.82, 2.24) is 9.38 Å². The monoisotopic (exact) mass is 339 g/mol. The van der Waals surface area contributed by atoms with Crippen molar-refractivity contribution in [3.8, 4) is 11.3 Å². The highest BCUT2D eigenvalue weighted by Gasteiger charge is 2.14. The average molecular weight is 341 g/mol. The van der Waals surface area contributed by atoms with Gasteiger partial charge < -0.3 is 5.73 Å². The molecule has 0 bridgehead atoms. The maximum absolute atomic E-state index is 13.2. The number of benzene rings is 1. The van der Waals surface area contributed by atoms with Crippen molar-refractivity contribution in [3.05, 3.63) is 51.8 Å². The topological polar surface area (TPSA) is 43.3 Å². The zero-order valence-corrected chi connectivity index (χ0v) is 11.9. The fraction of sp³-hybridized carbons (Fsp3) is 0. The summed E-state index contributed by atoms with van der Waals surface area (Å²) in [5.41, 5.74) is 7.85. The number of anilines is 1. The van der Waals surface area contributed by atoms with Crippen LogP contribution in [-0.4, -0.2) is 9.38 Å². The van der Waals surface area contributed by atoms with Gasteiger partial charge in [0.15, 0.2) is 0 Å². The molecule has 0 fully saturated rings. The molecule has 0 saturated carbocycles. The summed E-state index contributed by atoms with van der Waals surface area (Å²) in [7, 11) is 0. The largest absolute Gasteiger partial charge is 0.383 e. The predicted octanol–water partition coefficient (Wildman–Crippen LogP) is 4.14. The van der Waals surface area contributed by atoms with Crippen LogP contribution in [0.15, 0.2) is 41.0 Å². The van der Waals surface area contributed by atoms with E-state index in [9.17, 15) is 4.39 Å². The molecule has 0 aliphatic carbocycles. The molecule has 0 amide bonds. The van der Waals surface area contributed by atoms with Crippen LogP contribution in [0, 0.1) is 5.82 Å². The van der Waals surface area contributed by atoms with Gasteiger partial charge in [0.1, 0.15) is 23.0 Å². The molecule has 3 rings (SSSR count). The minimum absolute atomic E-state index is 0.360. The zero-order valence-electron chi connectivity index (χ0n) is 9.57. The molecule has 1 aromatic carbocycles. The zero-order chi connectivity index (χ0) is 13.6. The molecule has 2 heterocycles. The molecule has 3 nitrogen and oxygen atoms in total. The van der Waals surface area contributed by atoms with Gasteiger partial charge in [0, 0.05) is 16.2 Å². The number of halogens is 3. The fourth-order valence-electron chi connectivity index (χ4n) is 1.92. The number of hydrogen-bond donors (Lipinski definition) is 1. The Morgan fingerprint density at radius 1 is 1.26 bits per heavy atom. The summed E-state index contributed by atoms with van der Waals surface area (Å²) in [6, 6.07) is 8.35. The lowest BCUT2D eigenvalue weighted by Crippen LogP contribution is -1.95. The third-order valence-corrected chi connectivity index (χ3v) is 3.61. The first kappa shape index (κ1) is 12.4. The highest BCUT2D eigenvalue weighted by molar-refractivity contribution is 9.10. The van der Waals surface area contributed by atoms with Crippen molar-refractivity contribution in [2.75, 3.05) is 5.73 Å². The van der Waals surface area contributed by atoms with Crippen LogP contribution < -0.4 is 5.73 Å². The number of fused-ring (bicyclic) bond motifs is 1. The SMILES string of the molecule is Nc1c(-c2ccc(Br)cc2Cl)nc2ccc(F)cn12. The van der Waals surface area contributed by atoms with Gasteiger partial charge in [-0.25, -0.2) is 9.37 Å². The van der Waals surface area contributed by atoms with E-state index in [0.717, 1.165) is 4.47 Å². The second-order valence-corrected chi connectivity index (χ2v) is 5.37. The van der Waals surface area contributed by atoms with E-state index in [2.05, 4.69) is 20.9 Å². The van der Waals surface area contributed by atoms with Crippen molar-refractivity contribution in [2.45, 2.75) is 0 Å². The molecule has 0 unspecified atom stereocenters. The van der Waals surface area contributed by atoms with Gasteiger partial charge in [-0.3, -0.25) is 4.40 Å². The second-order valence-electron chi connectivity index (χ2n) is 4.05. The minimum atomic E-state index is -0.370. The van der Waals surface area contributed by atoms with E-state index in [1.807, 2.05) is 12.1 Å². The summed E-state index contributed by atoms with van der Waals surface area (Å²) in [5.74, 6) is -0.0104. The maximum atomic E-state index is 13.2. The Labute approximate surface area is 122 Å². The number of hydrogen-bond acceptors (Lipinski definition) is 2. The van der Waals surface area contributed by atoms with E-state index in [1.165, 1.54) is 16.7 Å². The summed E-state index contributed by atoms with van der Waals surface area (Å²) in [6.45, 7) is 0. The van der Waals surface area contributed by atoms with Crippen LogP contribution in [0.2, 0.25) is 5.02 Å². The Morgan fingerprint density at radius 2 is 2.05 bits per heavy atom. The Morgan fingerprint density at radius 3 is 2.79 bits per heavy atom. The highest BCUT2D eigenvalue weighted by Crippen LogP contribution is 2.33. The van der Waals surface area contributed by atoms with Crippen molar-refractivity contribution in [1.29, 1.82) is 0 Å². The lowest BCUT2D eigenvalue weighted by Gasteiger charge is -2.03. The first-order valence-corrected chi connectivity index (χ1v) is 6.62. The van der Waals surface area contributed by atoms with Gasteiger partial charge in [-0.2, -0.15) is 0 Å². The van der Waals surface area contributed by atoms with Gasteiger partial charge in [-0.05, 0) is 24.3 Å². The van der Waals surface area contributed by atoms with Crippen molar-refractivity contribution >= 4 is 39.0 Å². The molecule has 2 N–H and O–H groups in total. The quantitative estimate of drug-likeness (QED) is 0.723. The maximum Gasteiger partial charge on any atom is 0.140 e.